The Labute approximate surface area is 171 Å². The van der Waals surface area contributed by atoms with Gasteiger partial charge in [-0.1, -0.05) is 41.7 Å². The molecule has 0 N–H and O–H groups in total. The molecule has 0 amide bonds. The van der Waals surface area contributed by atoms with Gasteiger partial charge in [-0.25, -0.2) is 9.59 Å². The van der Waals surface area contributed by atoms with E-state index in [0.29, 0.717) is 33.8 Å². The van der Waals surface area contributed by atoms with Gasteiger partial charge in [0.15, 0.2) is 5.58 Å². The van der Waals surface area contributed by atoms with Crippen LogP contribution in [0.25, 0.3) is 21.4 Å². The summed E-state index contributed by atoms with van der Waals surface area (Å²) >= 11 is 0.974. The van der Waals surface area contributed by atoms with Crippen LogP contribution in [-0.2, 0) is 0 Å². The van der Waals surface area contributed by atoms with Gasteiger partial charge in [0, 0.05) is 11.6 Å². The van der Waals surface area contributed by atoms with E-state index in [-0.39, 0.29) is 0 Å². The zero-order valence-corrected chi connectivity index (χ0v) is 16.7. The van der Waals surface area contributed by atoms with E-state index < -0.39 is 10.9 Å². The zero-order chi connectivity index (χ0) is 20.4. The second-order valence-corrected chi connectivity index (χ2v) is 7.39. The summed E-state index contributed by atoms with van der Waals surface area (Å²) < 4.78 is 17.1. The van der Waals surface area contributed by atoms with E-state index >= 15 is 0 Å². The average molecular weight is 406 g/mol. The summed E-state index contributed by atoms with van der Waals surface area (Å²) in [5.74, 6) is 0.657. The maximum Gasteiger partial charge on any atom is 0.396 e. The van der Waals surface area contributed by atoms with Crippen LogP contribution in [0.5, 0.6) is 11.5 Å². The molecule has 0 aliphatic rings. The minimum atomic E-state index is -0.448. The number of hydrogen-bond donors (Lipinski definition) is 0. The van der Waals surface area contributed by atoms with Crippen molar-refractivity contribution in [1.29, 1.82) is 0 Å². The Kier molecular flexibility index (Phi) is 5.18. The predicted octanol–water partition coefficient (Wildman–Crippen LogP) is 5.45. The average Bonchev–Trinajstić information content (AvgIpc) is 3.08. The molecule has 0 bridgehead atoms. The van der Waals surface area contributed by atoms with Gasteiger partial charge in [-0.2, -0.15) is 0 Å². The maximum absolute atomic E-state index is 12.6. The standard InChI is InChI=1S/C23H18O5S/c1-3-26-16-10-8-15(9-11-16)19-12-17(13-20-21(19)28-23(25)29-20)27-22(24)18-7-5-4-6-14(18)2/h4-13H,3H2,1-2H3. The van der Waals surface area contributed by atoms with E-state index in [4.69, 9.17) is 13.9 Å². The molecule has 0 aliphatic carbocycles. The lowest BCUT2D eigenvalue weighted by Crippen LogP contribution is -2.10. The highest BCUT2D eigenvalue weighted by atomic mass is 32.1. The van der Waals surface area contributed by atoms with Gasteiger partial charge in [-0.15, -0.1) is 0 Å². The van der Waals surface area contributed by atoms with Crippen LogP contribution in [0.1, 0.15) is 22.8 Å². The lowest BCUT2D eigenvalue weighted by molar-refractivity contribution is 0.0734. The fourth-order valence-electron chi connectivity index (χ4n) is 3.09. The van der Waals surface area contributed by atoms with Crippen molar-refractivity contribution in [2.24, 2.45) is 0 Å². The fourth-order valence-corrected chi connectivity index (χ4v) is 3.81. The Hall–Kier alpha value is -3.38. The van der Waals surface area contributed by atoms with Crippen molar-refractivity contribution in [2.75, 3.05) is 6.61 Å². The molecule has 0 aliphatic heterocycles. The Morgan fingerprint density at radius 2 is 1.79 bits per heavy atom. The molecule has 3 aromatic carbocycles. The Bertz CT molecular complexity index is 1230. The molecule has 0 radical (unpaired) electrons. The largest absolute Gasteiger partial charge is 0.494 e. The summed E-state index contributed by atoms with van der Waals surface area (Å²) in [6.07, 6.45) is 0. The fraction of sp³-hybridized carbons (Fsp3) is 0.130. The SMILES string of the molecule is CCOc1ccc(-c2cc(OC(=O)c3ccccc3C)cc3sc(=O)oc23)cc1. The molecular formula is C23H18O5S. The summed E-state index contributed by atoms with van der Waals surface area (Å²) in [7, 11) is 0. The summed E-state index contributed by atoms with van der Waals surface area (Å²) in [6.45, 7) is 4.35. The number of carbonyl (C=O) groups is 1. The van der Waals surface area contributed by atoms with Gasteiger partial charge < -0.3 is 13.9 Å². The molecule has 0 atom stereocenters. The number of rotatable bonds is 5. The third-order valence-corrected chi connectivity index (χ3v) is 5.23. The molecule has 4 aromatic rings. The Morgan fingerprint density at radius 1 is 1.03 bits per heavy atom. The second-order valence-electron chi connectivity index (χ2n) is 6.41. The number of ether oxygens (including phenoxy) is 2. The van der Waals surface area contributed by atoms with Crippen molar-refractivity contribution in [1.82, 2.24) is 0 Å². The molecule has 0 spiro atoms. The molecular weight excluding hydrogens is 388 g/mol. The first-order valence-corrected chi connectivity index (χ1v) is 9.95. The predicted molar refractivity (Wildman–Crippen MR) is 113 cm³/mol. The topological polar surface area (TPSA) is 65.7 Å². The number of carbonyl (C=O) groups excluding carboxylic acids is 1. The summed E-state index contributed by atoms with van der Waals surface area (Å²) in [5.41, 5.74) is 3.30. The van der Waals surface area contributed by atoms with Crippen LogP contribution >= 0.6 is 11.3 Å². The maximum atomic E-state index is 12.6. The number of benzene rings is 3. The highest BCUT2D eigenvalue weighted by molar-refractivity contribution is 7.16. The van der Waals surface area contributed by atoms with Gasteiger partial charge in [0.1, 0.15) is 11.5 Å². The van der Waals surface area contributed by atoms with Crippen molar-refractivity contribution in [3.63, 3.8) is 0 Å². The summed E-state index contributed by atoms with van der Waals surface area (Å²) in [6, 6.07) is 18.1. The van der Waals surface area contributed by atoms with Gasteiger partial charge in [0.05, 0.1) is 16.9 Å². The molecule has 0 unspecified atom stereocenters. The number of fused-ring (bicyclic) bond motifs is 1. The van der Waals surface area contributed by atoms with Gasteiger partial charge in [-0.3, -0.25) is 0 Å². The van der Waals surface area contributed by atoms with Crippen LogP contribution in [0, 0.1) is 6.92 Å². The summed E-state index contributed by atoms with van der Waals surface area (Å²) in [4.78, 5) is 24.0. The third-order valence-electron chi connectivity index (χ3n) is 4.46. The van der Waals surface area contributed by atoms with Crippen molar-refractivity contribution in [2.45, 2.75) is 13.8 Å². The summed E-state index contributed by atoms with van der Waals surface area (Å²) in [5, 5.41) is 0. The molecule has 1 heterocycles. The first kappa shape index (κ1) is 19.0. The van der Waals surface area contributed by atoms with E-state index in [2.05, 4.69) is 0 Å². The van der Waals surface area contributed by atoms with Crippen LogP contribution in [0.15, 0.2) is 69.9 Å². The van der Waals surface area contributed by atoms with Crippen molar-refractivity contribution < 1.29 is 18.7 Å². The van der Waals surface area contributed by atoms with E-state index in [1.165, 1.54) is 0 Å². The normalized spacial score (nSPS) is 10.8. The molecule has 5 nitrogen and oxygen atoms in total. The van der Waals surface area contributed by atoms with Gasteiger partial charge in [0.25, 0.3) is 0 Å². The number of esters is 1. The molecule has 146 valence electrons. The molecule has 6 heteroatoms. The Balaban J connectivity index is 1.75. The van der Waals surface area contributed by atoms with E-state index in [1.807, 2.05) is 50.2 Å². The van der Waals surface area contributed by atoms with E-state index in [1.54, 1.807) is 24.3 Å². The molecule has 0 saturated heterocycles. The molecule has 0 fully saturated rings. The van der Waals surface area contributed by atoms with Crippen LogP contribution in [0.2, 0.25) is 0 Å². The molecule has 1 aromatic heterocycles. The van der Waals surface area contributed by atoms with Crippen molar-refractivity contribution in [3.8, 4) is 22.6 Å². The van der Waals surface area contributed by atoms with E-state index in [0.717, 1.165) is 28.2 Å². The first-order valence-electron chi connectivity index (χ1n) is 9.14. The number of aryl methyl sites for hydroxylation is 1. The molecule has 0 saturated carbocycles. The lowest BCUT2D eigenvalue weighted by atomic mass is 10.0. The monoisotopic (exact) mass is 406 g/mol. The quantitative estimate of drug-likeness (QED) is 0.326. The zero-order valence-electron chi connectivity index (χ0n) is 15.9. The smallest absolute Gasteiger partial charge is 0.396 e. The minimum Gasteiger partial charge on any atom is -0.494 e. The minimum absolute atomic E-state index is 0.353. The number of hydrogen-bond acceptors (Lipinski definition) is 6. The van der Waals surface area contributed by atoms with Gasteiger partial charge in [0.2, 0.25) is 0 Å². The van der Waals surface area contributed by atoms with Gasteiger partial charge >= 0.3 is 10.9 Å². The van der Waals surface area contributed by atoms with Crippen LogP contribution in [-0.4, -0.2) is 12.6 Å². The highest BCUT2D eigenvalue weighted by Crippen LogP contribution is 2.35. The Morgan fingerprint density at radius 3 is 2.52 bits per heavy atom. The van der Waals surface area contributed by atoms with Crippen molar-refractivity contribution in [3.05, 3.63) is 81.5 Å². The first-order chi connectivity index (χ1) is 14.0. The highest BCUT2D eigenvalue weighted by Gasteiger charge is 2.16. The lowest BCUT2D eigenvalue weighted by Gasteiger charge is -2.10. The third kappa shape index (κ3) is 3.93. The van der Waals surface area contributed by atoms with Crippen LogP contribution < -0.4 is 14.4 Å². The van der Waals surface area contributed by atoms with Crippen LogP contribution in [0.4, 0.5) is 0 Å². The van der Waals surface area contributed by atoms with Crippen molar-refractivity contribution >= 4 is 27.6 Å². The van der Waals surface area contributed by atoms with E-state index in [9.17, 15) is 9.59 Å². The molecule has 4 rings (SSSR count). The second kappa shape index (κ2) is 7.93. The molecule has 29 heavy (non-hydrogen) atoms. The van der Waals surface area contributed by atoms with Gasteiger partial charge in [-0.05, 0) is 49.2 Å². The van der Waals surface area contributed by atoms with Crippen LogP contribution in [0.3, 0.4) is 0 Å².